The van der Waals surface area contributed by atoms with Gasteiger partial charge >= 0.3 is 0 Å². The number of carbonyl (C=O) groups excluding carboxylic acids is 1. The van der Waals surface area contributed by atoms with Crippen LogP contribution in [0, 0.1) is 5.92 Å². The molecule has 3 aromatic rings. The first kappa shape index (κ1) is 18.7. The zero-order valence-corrected chi connectivity index (χ0v) is 17.0. The van der Waals surface area contributed by atoms with E-state index < -0.39 is 0 Å². The summed E-state index contributed by atoms with van der Waals surface area (Å²) in [5, 5.41) is 0.689. The first-order valence-corrected chi connectivity index (χ1v) is 10.1. The summed E-state index contributed by atoms with van der Waals surface area (Å²) in [6.45, 7) is 2.18. The molecule has 0 radical (unpaired) electrons. The van der Waals surface area contributed by atoms with E-state index in [1.54, 1.807) is 36.6 Å². The molecule has 0 fully saturated rings. The van der Waals surface area contributed by atoms with Gasteiger partial charge in [0.15, 0.2) is 17.3 Å². The zero-order chi connectivity index (χ0) is 19.8. The average Bonchev–Trinajstić information content (AvgIpc) is 3.07. The summed E-state index contributed by atoms with van der Waals surface area (Å²) < 4.78 is 11.9. The van der Waals surface area contributed by atoms with Gasteiger partial charge in [-0.1, -0.05) is 6.92 Å². The summed E-state index contributed by atoms with van der Waals surface area (Å²) in [6.07, 6.45) is 4.47. The van der Waals surface area contributed by atoms with Crippen LogP contribution in [-0.4, -0.2) is 29.6 Å². The Labute approximate surface area is 166 Å². The van der Waals surface area contributed by atoms with E-state index in [0.29, 0.717) is 28.4 Å². The van der Waals surface area contributed by atoms with Crippen molar-refractivity contribution >= 4 is 27.3 Å². The molecule has 146 valence electrons. The topological polar surface area (TPSA) is 70.4 Å². The summed E-state index contributed by atoms with van der Waals surface area (Å²) in [4.78, 5) is 32.3. The molecule has 2 aromatic heterocycles. The highest BCUT2D eigenvalue weighted by Gasteiger charge is 2.23. The third-order valence-corrected chi connectivity index (χ3v) is 6.46. The Hall–Kier alpha value is -2.67. The fourth-order valence-electron chi connectivity index (χ4n) is 3.73. The van der Waals surface area contributed by atoms with Gasteiger partial charge in [-0.3, -0.25) is 14.2 Å². The Morgan fingerprint density at radius 3 is 2.82 bits per heavy atom. The molecule has 28 heavy (non-hydrogen) atoms. The number of ether oxygens (including phenoxy) is 2. The molecule has 0 aliphatic heterocycles. The zero-order valence-electron chi connectivity index (χ0n) is 16.2. The van der Waals surface area contributed by atoms with Crippen molar-refractivity contribution in [3.63, 3.8) is 0 Å². The number of Topliss-reactive ketones (excluding diaryl/α,β-unsaturated/α-hetero) is 1. The number of nitrogens with zero attached hydrogens (tertiary/aromatic N) is 2. The Bertz CT molecular complexity index is 1120. The second-order valence-corrected chi connectivity index (χ2v) is 8.29. The number of rotatable bonds is 5. The van der Waals surface area contributed by atoms with Crippen molar-refractivity contribution in [2.24, 2.45) is 5.92 Å². The van der Waals surface area contributed by atoms with Gasteiger partial charge in [0.1, 0.15) is 4.83 Å². The summed E-state index contributed by atoms with van der Waals surface area (Å²) in [5.74, 6) is 1.49. The molecule has 0 N–H and O–H groups in total. The molecule has 7 heteroatoms. The predicted molar refractivity (Wildman–Crippen MR) is 109 cm³/mol. The van der Waals surface area contributed by atoms with Crippen molar-refractivity contribution in [3.8, 4) is 11.5 Å². The van der Waals surface area contributed by atoms with Gasteiger partial charge in [0.05, 0.1) is 32.5 Å². The van der Waals surface area contributed by atoms with Crippen molar-refractivity contribution in [2.45, 2.75) is 32.7 Å². The van der Waals surface area contributed by atoms with E-state index in [1.807, 2.05) is 0 Å². The molecular formula is C21H22N2O4S. The van der Waals surface area contributed by atoms with Crippen LogP contribution in [0.3, 0.4) is 0 Å². The summed E-state index contributed by atoms with van der Waals surface area (Å²) in [7, 11) is 3.07. The van der Waals surface area contributed by atoms with E-state index in [4.69, 9.17) is 9.47 Å². The quantitative estimate of drug-likeness (QED) is 0.616. The SMILES string of the molecule is COc1ccc(C(=O)Cn2cnc3sc4c(c3c2=O)CCC(C)C4)cc1OC. The Kier molecular flexibility index (Phi) is 4.93. The van der Waals surface area contributed by atoms with Crippen molar-refractivity contribution < 1.29 is 14.3 Å². The molecule has 4 rings (SSSR count). The molecule has 1 aromatic carbocycles. The van der Waals surface area contributed by atoms with Gasteiger partial charge in [0, 0.05) is 10.4 Å². The molecule has 6 nitrogen and oxygen atoms in total. The lowest BCUT2D eigenvalue weighted by molar-refractivity contribution is 0.0970. The average molecular weight is 398 g/mol. The number of fused-ring (bicyclic) bond motifs is 3. The normalized spacial score (nSPS) is 16.0. The monoisotopic (exact) mass is 398 g/mol. The smallest absolute Gasteiger partial charge is 0.262 e. The number of carbonyl (C=O) groups is 1. The fourth-order valence-corrected chi connectivity index (χ4v) is 5.08. The second-order valence-electron chi connectivity index (χ2n) is 7.20. The first-order valence-electron chi connectivity index (χ1n) is 9.26. The van der Waals surface area contributed by atoms with E-state index in [0.717, 1.165) is 29.7 Å². The number of benzene rings is 1. The van der Waals surface area contributed by atoms with Gasteiger partial charge < -0.3 is 9.47 Å². The summed E-state index contributed by atoms with van der Waals surface area (Å²) in [5.41, 5.74) is 1.46. The largest absolute Gasteiger partial charge is 0.493 e. The van der Waals surface area contributed by atoms with Crippen LogP contribution in [-0.2, 0) is 19.4 Å². The molecular weight excluding hydrogens is 376 g/mol. The highest BCUT2D eigenvalue weighted by molar-refractivity contribution is 7.18. The van der Waals surface area contributed by atoms with Crippen molar-refractivity contribution in [1.29, 1.82) is 0 Å². The summed E-state index contributed by atoms with van der Waals surface area (Å²) >= 11 is 1.61. The number of aromatic nitrogens is 2. The number of hydrogen-bond acceptors (Lipinski definition) is 6. The van der Waals surface area contributed by atoms with Crippen LogP contribution in [0.4, 0.5) is 0 Å². The maximum Gasteiger partial charge on any atom is 0.262 e. The van der Waals surface area contributed by atoms with Gasteiger partial charge in [-0.15, -0.1) is 11.3 Å². The van der Waals surface area contributed by atoms with Crippen LogP contribution in [0.5, 0.6) is 11.5 Å². The van der Waals surface area contributed by atoms with Crippen molar-refractivity contribution in [3.05, 3.63) is 50.9 Å². The van der Waals surface area contributed by atoms with Gasteiger partial charge in [0.25, 0.3) is 5.56 Å². The highest BCUT2D eigenvalue weighted by Crippen LogP contribution is 2.35. The van der Waals surface area contributed by atoms with Crippen molar-refractivity contribution in [2.75, 3.05) is 14.2 Å². The van der Waals surface area contributed by atoms with Gasteiger partial charge in [0.2, 0.25) is 0 Å². The molecule has 0 spiro atoms. The maximum absolute atomic E-state index is 13.1. The Morgan fingerprint density at radius 2 is 2.07 bits per heavy atom. The minimum absolute atomic E-state index is 0.0573. The second kappa shape index (κ2) is 7.39. The van der Waals surface area contributed by atoms with Crippen LogP contribution in [0.2, 0.25) is 0 Å². The van der Waals surface area contributed by atoms with Crippen molar-refractivity contribution in [1.82, 2.24) is 9.55 Å². The van der Waals surface area contributed by atoms with E-state index in [9.17, 15) is 9.59 Å². The lowest BCUT2D eigenvalue weighted by Crippen LogP contribution is -2.25. The molecule has 2 heterocycles. The number of methoxy groups -OCH3 is 2. The van der Waals surface area contributed by atoms with Crippen LogP contribution in [0.25, 0.3) is 10.2 Å². The van der Waals surface area contributed by atoms with Gasteiger partial charge in [-0.25, -0.2) is 4.98 Å². The number of aryl methyl sites for hydroxylation is 1. The Balaban J connectivity index is 1.68. The molecule has 1 atom stereocenters. The third kappa shape index (κ3) is 3.20. The van der Waals surface area contributed by atoms with E-state index in [2.05, 4.69) is 11.9 Å². The molecule has 0 bridgehead atoms. The third-order valence-electron chi connectivity index (χ3n) is 5.30. The highest BCUT2D eigenvalue weighted by atomic mass is 32.1. The number of ketones is 1. The van der Waals surface area contributed by atoms with Gasteiger partial charge in [-0.05, 0) is 48.9 Å². The summed E-state index contributed by atoms with van der Waals surface area (Å²) in [6, 6.07) is 4.99. The lowest BCUT2D eigenvalue weighted by Gasteiger charge is -2.17. The molecule has 0 amide bonds. The minimum atomic E-state index is -0.179. The Morgan fingerprint density at radius 1 is 1.29 bits per heavy atom. The molecule has 0 saturated heterocycles. The van der Waals surface area contributed by atoms with E-state index in [-0.39, 0.29) is 17.9 Å². The molecule has 1 aliphatic rings. The molecule has 0 saturated carbocycles. The minimum Gasteiger partial charge on any atom is -0.493 e. The fraction of sp³-hybridized carbons (Fsp3) is 0.381. The van der Waals surface area contributed by atoms with Crippen LogP contribution < -0.4 is 15.0 Å². The van der Waals surface area contributed by atoms with E-state index >= 15 is 0 Å². The van der Waals surface area contributed by atoms with Crippen LogP contribution >= 0.6 is 11.3 Å². The first-order chi connectivity index (χ1) is 13.5. The number of hydrogen-bond donors (Lipinski definition) is 0. The predicted octanol–water partition coefficient (Wildman–Crippen LogP) is 3.48. The van der Waals surface area contributed by atoms with Gasteiger partial charge in [-0.2, -0.15) is 0 Å². The molecule has 1 aliphatic carbocycles. The van der Waals surface area contributed by atoms with E-state index in [1.165, 1.54) is 22.9 Å². The lowest BCUT2D eigenvalue weighted by atomic mass is 9.89. The van der Waals surface area contributed by atoms with Crippen LogP contribution in [0.15, 0.2) is 29.3 Å². The van der Waals surface area contributed by atoms with Crippen LogP contribution in [0.1, 0.15) is 34.1 Å². The standard InChI is InChI=1S/C21H22N2O4S/c1-12-4-6-14-18(8-12)28-20-19(14)21(25)23(11-22-20)10-15(24)13-5-7-16(26-2)17(9-13)27-3/h5,7,9,11-12H,4,6,8,10H2,1-3H3. The number of thiophene rings is 1. The molecule has 1 unspecified atom stereocenters. The maximum atomic E-state index is 13.1.